The van der Waals surface area contributed by atoms with E-state index in [2.05, 4.69) is 21.2 Å². The average molecular weight is 342 g/mol. The summed E-state index contributed by atoms with van der Waals surface area (Å²) in [5.41, 5.74) is -0.0988. The van der Waals surface area contributed by atoms with Crippen LogP contribution in [0.3, 0.4) is 0 Å². The molecule has 0 unspecified atom stereocenters. The van der Waals surface area contributed by atoms with E-state index in [-0.39, 0.29) is 34.6 Å². The van der Waals surface area contributed by atoms with E-state index in [0.717, 1.165) is 6.07 Å². The summed E-state index contributed by atoms with van der Waals surface area (Å²) in [6, 6.07) is 2.45. The second-order valence-corrected chi connectivity index (χ2v) is 7.06. The van der Waals surface area contributed by atoms with Gasteiger partial charge in [-0.15, -0.1) is 0 Å². The molecule has 0 saturated heterocycles. The second-order valence-electron chi connectivity index (χ2n) is 3.73. The van der Waals surface area contributed by atoms with E-state index in [1.807, 2.05) is 0 Å². The van der Waals surface area contributed by atoms with Crippen LogP contribution in [0.5, 0.6) is 0 Å². The van der Waals surface area contributed by atoms with Gasteiger partial charge in [-0.3, -0.25) is 0 Å². The number of benzene rings is 1. The van der Waals surface area contributed by atoms with Crippen molar-refractivity contribution in [3.05, 3.63) is 33.8 Å². The lowest BCUT2D eigenvalue weighted by atomic mass is 10.2. The highest BCUT2D eigenvalue weighted by molar-refractivity contribution is 9.10. The minimum atomic E-state index is -3.06. The molecule has 0 heterocycles. The van der Waals surface area contributed by atoms with Crippen LogP contribution in [0.15, 0.2) is 16.6 Å². The highest BCUT2D eigenvalue weighted by Gasteiger charge is 2.12. The van der Waals surface area contributed by atoms with Crippen LogP contribution in [-0.2, 0) is 16.4 Å². The Morgan fingerprint density at radius 3 is 2.61 bits per heavy atom. The van der Waals surface area contributed by atoms with Gasteiger partial charge >= 0.3 is 0 Å². The Morgan fingerprint density at radius 2 is 2.00 bits per heavy atom. The summed E-state index contributed by atoms with van der Waals surface area (Å²) >= 11 is 2.97. The summed E-state index contributed by atoms with van der Waals surface area (Å²) in [5, 5.41) is 2.72. The Kier molecular flexibility index (Phi) is 5.68. The van der Waals surface area contributed by atoms with Crippen molar-refractivity contribution in [1.29, 1.82) is 0 Å². The molecule has 0 aromatic heterocycles. The quantitative estimate of drug-likeness (QED) is 0.637. The average Bonchev–Trinajstić information content (AvgIpc) is 2.33. The van der Waals surface area contributed by atoms with E-state index in [9.17, 15) is 17.2 Å². The molecule has 1 aromatic rings. The van der Waals surface area contributed by atoms with Crippen LogP contribution in [0.25, 0.3) is 0 Å². The molecule has 0 spiro atoms. The van der Waals surface area contributed by atoms with Crippen molar-refractivity contribution >= 4 is 25.8 Å². The van der Waals surface area contributed by atoms with Crippen LogP contribution in [-0.4, -0.2) is 26.5 Å². The number of halogens is 3. The van der Waals surface area contributed by atoms with Gasteiger partial charge in [0.25, 0.3) is 0 Å². The van der Waals surface area contributed by atoms with Crippen LogP contribution < -0.4 is 5.32 Å². The molecule has 0 atom stereocenters. The molecule has 0 amide bonds. The third kappa shape index (κ3) is 4.29. The first-order chi connectivity index (χ1) is 8.37. The van der Waals surface area contributed by atoms with Gasteiger partial charge < -0.3 is 5.32 Å². The van der Waals surface area contributed by atoms with Gasteiger partial charge in [-0.25, -0.2) is 17.2 Å². The minimum Gasteiger partial charge on any atom is -0.311 e. The van der Waals surface area contributed by atoms with Crippen molar-refractivity contribution in [1.82, 2.24) is 5.32 Å². The van der Waals surface area contributed by atoms with Crippen LogP contribution in [0, 0.1) is 11.6 Å². The molecule has 0 fully saturated rings. The summed E-state index contributed by atoms with van der Waals surface area (Å²) in [6.07, 6.45) is 0. The second kappa shape index (κ2) is 6.58. The fourth-order valence-corrected chi connectivity index (χ4v) is 2.43. The molecular weight excluding hydrogens is 328 g/mol. The zero-order valence-corrected chi connectivity index (χ0v) is 12.2. The fourth-order valence-electron chi connectivity index (χ4n) is 1.32. The topological polar surface area (TPSA) is 46.2 Å². The molecule has 7 heteroatoms. The zero-order chi connectivity index (χ0) is 13.8. The van der Waals surface area contributed by atoms with E-state index in [0.29, 0.717) is 0 Å². The van der Waals surface area contributed by atoms with Crippen LogP contribution in [0.1, 0.15) is 12.5 Å². The van der Waals surface area contributed by atoms with Crippen LogP contribution >= 0.6 is 15.9 Å². The SMILES string of the molecule is CCS(=O)(=O)CCNCc1c(F)ccc(Br)c1F. The van der Waals surface area contributed by atoms with Crippen molar-refractivity contribution < 1.29 is 17.2 Å². The first-order valence-corrected chi connectivity index (χ1v) is 8.02. The van der Waals surface area contributed by atoms with Gasteiger partial charge in [-0.05, 0) is 28.1 Å². The summed E-state index contributed by atoms with van der Waals surface area (Å²) in [7, 11) is -3.06. The molecule has 0 saturated carbocycles. The van der Waals surface area contributed by atoms with E-state index < -0.39 is 21.5 Å². The predicted octanol–water partition coefficient (Wildman–Crippen LogP) is 2.25. The number of nitrogens with one attached hydrogen (secondary N) is 1. The highest BCUT2D eigenvalue weighted by Crippen LogP contribution is 2.21. The molecule has 18 heavy (non-hydrogen) atoms. The largest absolute Gasteiger partial charge is 0.311 e. The summed E-state index contributed by atoms with van der Waals surface area (Å²) < 4.78 is 49.5. The maximum Gasteiger partial charge on any atom is 0.151 e. The summed E-state index contributed by atoms with van der Waals surface area (Å²) in [6.45, 7) is 1.68. The van der Waals surface area contributed by atoms with Crippen LogP contribution in [0.4, 0.5) is 8.78 Å². The van der Waals surface area contributed by atoms with Crippen molar-refractivity contribution in [2.75, 3.05) is 18.1 Å². The van der Waals surface area contributed by atoms with Crippen molar-refractivity contribution in [3.8, 4) is 0 Å². The number of sulfone groups is 1. The molecule has 1 rings (SSSR count). The number of hydrogen-bond donors (Lipinski definition) is 1. The maximum absolute atomic E-state index is 13.5. The van der Waals surface area contributed by atoms with Crippen molar-refractivity contribution in [2.45, 2.75) is 13.5 Å². The van der Waals surface area contributed by atoms with E-state index in [4.69, 9.17) is 0 Å². The third-order valence-corrected chi connectivity index (χ3v) is 4.79. The van der Waals surface area contributed by atoms with Gasteiger partial charge in [0.15, 0.2) is 9.84 Å². The Hall–Kier alpha value is -0.530. The first-order valence-electron chi connectivity index (χ1n) is 5.41. The molecular formula is C11H14BrF2NO2S. The number of rotatable bonds is 6. The van der Waals surface area contributed by atoms with Crippen LogP contribution in [0.2, 0.25) is 0 Å². The fraction of sp³-hybridized carbons (Fsp3) is 0.455. The Morgan fingerprint density at radius 1 is 1.33 bits per heavy atom. The smallest absolute Gasteiger partial charge is 0.151 e. The van der Waals surface area contributed by atoms with E-state index in [1.54, 1.807) is 6.92 Å². The molecule has 0 aliphatic rings. The molecule has 0 radical (unpaired) electrons. The molecule has 102 valence electrons. The van der Waals surface area contributed by atoms with Gasteiger partial charge in [0.1, 0.15) is 11.6 Å². The van der Waals surface area contributed by atoms with Gasteiger partial charge in [0.2, 0.25) is 0 Å². The number of hydrogen-bond acceptors (Lipinski definition) is 3. The molecule has 0 aliphatic carbocycles. The van der Waals surface area contributed by atoms with Gasteiger partial charge in [0.05, 0.1) is 10.2 Å². The zero-order valence-electron chi connectivity index (χ0n) is 9.84. The van der Waals surface area contributed by atoms with E-state index in [1.165, 1.54) is 6.07 Å². The molecule has 3 nitrogen and oxygen atoms in total. The first kappa shape index (κ1) is 15.5. The standard InChI is InChI=1S/C11H14BrF2NO2S/c1-2-18(16,17)6-5-15-7-8-10(13)4-3-9(12)11(8)14/h3-4,15H,2,5-7H2,1H3. The normalized spacial score (nSPS) is 11.8. The molecule has 1 N–H and O–H groups in total. The summed E-state index contributed by atoms with van der Waals surface area (Å²) in [4.78, 5) is 0. The minimum absolute atomic E-state index is 0.0409. The monoisotopic (exact) mass is 341 g/mol. The van der Waals surface area contributed by atoms with Gasteiger partial charge in [-0.2, -0.15) is 0 Å². The Bertz CT molecular complexity index is 520. The maximum atomic E-state index is 13.5. The molecule has 1 aromatic carbocycles. The molecule has 0 aliphatic heterocycles. The predicted molar refractivity (Wildman–Crippen MR) is 70.1 cm³/mol. The van der Waals surface area contributed by atoms with Crippen molar-refractivity contribution in [2.24, 2.45) is 0 Å². The lowest BCUT2D eigenvalue weighted by molar-refractivity contribution is 0.535. The van der Waals surface area contributed by atoms with Gasteiger partial charge in [-0.1, -0.05) is 6.92 Å². The third-order valence-electron chi connectivity index (χ3n) is 2.47. The Balaban J connectivity index is 2.57. The molecule has 0 bridgehead atoms. The lowest BCUT2D eigenvalue weighted by Crippen LogP contribution is -2.24. The Labute approximate surface area is 114 Å². The van der Waals surface area contributed by atoms with Crippen molar-refractivity contribution in [3.63, 3.8) is 0 Å². The van der Waals surface area contributed by atoms with Gasteiger partial charge in [0, 0.05) is 24.4 Å². The lowest BCUT2D eigenvalue weighted by Gasteiger charge is -2.08. The highest BCUT2D eigenvalue weighted by atomic mass is 79.9. The van der Waals surface area contributed by atoms with E-state index >= 15 is 0 Å². The summed E-state index contributed by atoms with van der Waals surface area (Å²) in [5.74, 6) is -1.29.